The van der Waals surface area contributed by atoms with Crippen LogP contribution in [0.25, 0.3) is 43.8 Å². The van der Waals surface area contributed by atoms with Crippen LogP contribution in [0.2, 0.25) is 0 Å². The fourth-order valence-electron chi connectivity index (χ4n) is 5.78. The van der Waals surface area contributed by atoms with Crippen LogP contribution in [-0.4, -0.2) is 6.88 Å². The summed E-state index contributed by atoms with van der Waals surface area (Å²) in [6, 6.07) is 41.8. The molecule has 0 aromatic heterocycles. The van der Waals surface area contributed by atoms with Crippen molar-refractivity contribution in [1.29, 1.82) is 0 Å². The number of hydrogen-bond donors (Lipinski definition) is 0. The molecule has 0 fully saturated rings. The summed E-state index contributed by atoms with van der Waals surface area (Å²) in [5, 5.41) is 5.52. The zero-order valence-corrected chi connectivity index (χ0v) is 29.6. The molecule has 42 heavy (non-hydrogen) atoms. The molecule has 0 aliphatic heterocycles. The average molecular weight is 644 g/mol. The summed E-state index contributed by atoms with van der Waals surface area (Å²) in [4.78, 5) is 0. The van der Waals surface area contributed by atoms with Crippen molar-refractivity contribution in [2.75, 3.05) is 0 Å². The molecule has 1 unspecified atom stereocenters. The van der Waals surface area contributed by atoms with Crippen LogP contribution in [0.4, 0.5) is 0 Å². The van der Waals surface area contributed by atoms with Gasteiger partial charge in [-0.2, -0.15) is 12.1 Å². The van der Waals surface area contributed by atoms with Gasteiger partial charge in [-0.15, -0.1) is 68.6 Å². The van der Waals surface area contributed by atoms with E-state index in [1.54, 1.807) is 0 Å². The zero-order valence-electron chi connectivity index (χ0n) is 26.2. The quantitative estimate of drug-likeness (QED) is 0.125. The molecule has 2 radical (unpaired) electrons. The Labute approximate surface area is 272 Å². The number of aryl methyl sites for hydroxylation is 2. The van der Waals surface area contributed by atoms with Gasteiger partial charge in [-0.1, -0.05) is 124 Å². The second-order valence-corrected chi connectivity index (χ2v) is 10.5. The van der Waals surface area contributed by atoms with Crippen LogP contribution in [0.3, 0.4) is 0 Å². The van der Waals surface area contributed by atoms with Gasteiger partial charge in [0.25, 0.3) is 0 Å². The first kappa shape index (κ1) is 35.4. The van der Waals surface area contributed by atoms with Crippen molar-refractivity contribution in [1.82, 2.24) is 0 Å². The SMILES string of the molecule is CCCC(CC)c1cc2c(-c3ccccc3)cccc2[cH-]1.Cc1cc2c(-c3ccccc3)ccc(C)c2[cH-]1.[CH3-].[CH3-].[Si]=[Zr]. The second kappa shape index (κ2) is 17.3. The first-order valence-electron chi connectivity index (χ1n) is 14.3. The van der Waals surface area contributed by atoms with E-state index < -0.39 is 0 Å². The van der Waals surface area contributed by atoms with Crippen molar-refractivity contribution >= 4 is 28.4 Å². The molecule has 2 heteroatoms. The molecule has 0 spiro atoms. The van der Waals surface area contributed by atoms with Crippen molar-refractivity contribution in [3.63, 3.8) is 0 Å². The normalized spacial score (nSPS) is 10.8. The topological polar surface area (TPSA) is 0 Å². The van der Waals surface area contributed by atoms with Gasteiger partial charge in [0.1, 0.15) is 0 Å². The number of rotatable bonds is 6. The minimum absolute atomic E-state index is 0. The van der Waals surface area contributed by atoms with Gasteiger partial charge in [-0.05, 0) is 23.5 Å². The molecule has 0 aliphatic carbocycles. The van der Waals surface area contributed by atoms with Gasteiger partial charge in [0.15, 0.2) is 0 Å². The molecule has 6 aromatic rings. The van der Waals surface area contributed by atoms with Gasteiger partial charge in [-0.25, -0.2) is 0 Å². The van der Waals surface area contributed by atoms with E-state index in [-0.39, 0.29) is 14.9 Å². The number of hydrogen-bond acceptors (Lipinski definition) is 0. The Morgan fingerprint density at radius 3 is 1.83 bits per heavy atom. The molecule has 1 atom stereocenters. The minimum atomic E-state index is 0. The van der Waals surface area contributed by atoms with Gasteiger partial charge >= 0.3 is 30.2 Å². The Balaban J connectivity index is 0.000000270. The monoisotopic (exact) mass is 642 g/mol. The molecule has 0 N–H and O–H groups in total. The Bertz CT molecular complexity index is 1640. The molecular weight excluding hydrogens is 600 g/mol. The summed E-state index contributed by atoms with van der Waals surface area (Å²) in [6.07, 6.45) is 3.77. The second-order valence-electron chi connectivity index (χ2n) is 10.5. The molecule has 0 nitrogen and oxygen atoms in total. The third kappa shape index (κ3) is 8.18. The Morgan fingerprint density at radius 2 is 1.26 bits per heavy atom. The molecular formula is C40H44SiZr-4. The van der Waals surface area contributed by atoms with Crippen LogP contribution in [0.5, 0.6) is 0 Å². The fraction of sp³-hybridized carbons (Fsp3) is 0.200. The predicted octanol–water partition coefficient (Wildman–Crippen LogP) is 11.9. The molecule has 0 bridgehead atoms. The maximum atomic E-state index is 3.06. The Hall–Kier alpha value is -2.80. The summed E-state index contributed by atoms with van der Waals surface area (Å²) in [5.74, 6) is 0.700. The van der Waals surface area contributed by atoms with Crippen molar-refractivity contribution in [2.24, 2.45) is 0 Å². The van der Waals surface area contributed by atoms with E-state index >= 15 is 0 Å². The Kier molecular flexibility index (Phi) is 14.6. The first-order chi connectivity index (χ1) is 19.6. The summed E-state index contributed by atoms with van der Waals surface area (Å²) in [6.45, 7) is 12.0. The van der Waals surface area contributed by atoms with E-state index in [2.05, 4.69) is 150 Å². The third-order valence-corrected chi connectivity index (χ3v) is 7.79. The molecule has 0 saturated carbocycles. The van der Waals surface area contributed by atoms with Crippen LogP contribution in [0.15, 0.2) is 115 Å². The van der Waals surface area contributed by atoms with Gasteiger partial charge in [0, 0.05) is 0 Å². The first-order valence-corrected chi connectivity index (χ1v) is 18.5. The summed E-state index contributed by atoms with van der Waals surface area (Å²) in [5.41, 5.74) is 9.49. The van der Waals surface area contributed by atoms with Gasteiger partial charge in [0.2, 0.25) is 0 Å². The molecule has 0 heterocycles. The average Bonchev–Trinajstić information content (AvgIpc) is 3.62. The van der Waals surface area contributed by atoms with Crippen LogP contribution in [0, 0.1) is 28.7 Å². The van der Waals surface area contributed by atoms with Crippen molar-refractivity contribution in [3.8, 4) is 22.3 Å². The van der Waals surface area contributed by atoms with Crippen LogP contribution in [0.1, 0.15) is 55.7 Å². The van der Waals surface area contributed by atoms with Crippen molar-refractivity contribution in [2.45, 2.75) is 52.9 Å². The number of benzene rings is 4. The van der Waals surface area contributed by atoms with Crippen LogP contribution in [-0.2, 0) is 23.3 Å². The van der Waals surface area contributed by atoms with E-state index in [0.29, 0.717) is 5.92 Å². The maximum absolute atomic E-state index is 3.06. The van der Waals surface area contributed by atoms with E-state index in [0.717, 1.165) is 0 Å². The molecule has 0 aliphatic rings. The van der Waals surface area contributed by atoms with Gasteiger partial charge in [-0.3, -0.25) is 0 Å². The molecule has 6 aromatic carbocycles. The van der Waals surface area contributed by atoms with Crippen molar-refractivity contribution < 1.29 is 23.3 Å². The summed E-state index contributed by atoms with van der Waals surface area (Å²) < 4.78 is 0. The van der Waals surface area contributed by atoms with Crippen LogP contribution < -0.4 is 0 Å². The van der Waals surface area contributed by atoms with Crippen LogP contribution >= 0.6 is 0 Å². The molecule has 0 saturated heterocycles. The van der Waals surface area contributed by atoms with E-state index in [4.69, 9.17) is 0 Å². The third-order valence-electron chi connectivity index (χ3n) is 7.79. The van der Waals surface area contributed by atoms with Gasteiger partial charge in [0.05, 0.1) is 0 Å². The van der Waals surface area contributed by atoms with E-state index in [1.165, 1.54) is 103 Å². The Morgan fingerprint density at radius 1 is 0.667 bits per heavy atom. The zero-order chi connectivity index (χ0) is 28.5. The standard InChI is InChI=1S/C21H23.C17H15.2CH3.Si.Zr/c1-3-9-16(4-2)19-14-18-12-8-13-20(21(18)15-19)17-10-6-5-7-11-17;1-12-10-16-13(2)8-9-15(17(16)11-12)14-6-4-3-5-7-14;;;;/h5-8,10-16H,3-4,9H2,1-2H3;3-11H,1-2H3;2*1H3;;/q4*-1;;. The molecule has 6 rings (SSSR count). The number of fused-ring (bicyclic) bond motifs is 2. The predicted molar refractivity (Wildman–Crippen MR) is 186 cm³/mol. The molecule has 0 amide bonds. The van der Waals surface area contributed by atoms with E-state index in [9.17, 15) is 0 Å². The van der Waals surface area contributed by atoms with E-state index in [1.807, 2.05) is 0 Å². The molecule has 216 valence electrons. The van der Waals surface area contributed by atoms with Crippen molar-refractivity contribution in [3.05, 3.63) is 147 Å². The van der Waals surface area contributed by atoms with Gasteiger partial charge < -0.3 is 14.9 Å². The summed E-state index contributed by atoms with van der Waals surface area (Å²) >= 11 is 1.36. The summed E-state index contributed by atoms with van der Waals surface area (Å²) in [7, 11) is 0. The fourth-order valence-corrected chi connectivity index (χ4v) is 5.78.